The molecular weight excluding hydrogens is 306 g/mol. The van der Waals surface area contributed by atoms with Crippen LogP contribution in [0.1, 0.15) is 45.1 Å². The molecule has 0 atom stereocenters. The number of anilines is 1. The van der Waals surface area contributed by atoms with Gasteiger partial charge in [-0.15, -0.1) is 0 Å². The third-order valence-electron chi connectivity index (χ3n) is 3.84. The first-order valence-electron chi connectivity index (χ1n) is 8.95. The lowest BCUT2D eigenvalue weighted by molar-refractivity contribution is 0.678. The molecule has 1 aromatic carbocycles. The Balaban J connectivity index is 2.69. The summed E-state index contributed by atoms with van der Waals surface area (Å²) in [5, 5.41) is 17.3. The van der Waals surface area contributed by atoms with Crippen LogP contribution in [0.25, 0.3) is 6.08 Å². The van der Waals surface area contributed by atoms with E-state index in [2.05, 4.69) is 43.0 Å². The molecule has 3 nitrogen and oxygen atoms in total. The third kappa shape index (κ3) is 8.04. The second-order valence-corrected chi connectivity index (χ2v) is 5.83. The zero-order valence-electron chi connectivity index (χ0n) is 15.3. The highest BCUT2D eigenvalue weighted by Gasteiger charge is 2.04. The van der Waals surface area contributed by atoms with Crippen LogP contribution in [0.15, 0.2) is 54.1 Å². The number of nitrogens with zero attached hydrogens (tertiary/aromatic N) is 3. The molecule has 0 unspecified atom stereocenters. The molecule has 0 N–H and O–H groups in total. The molecule has 3 heteroatoms. The molecule has 0 aliphatic heterocycles. The van der Waals surface area contributed by atoms with E-state index in [0.717, 1.165) is 18.7 Å². The summed E-state index contributed by atoms with van der Waals surface area (Å²) in [6.07, 6.45) is 13.8. The van der Waals surface area contributed by atoms with Crippen LogP contribution in [0.4, 0.5) is 5.69 Å². The molecule has 0 saturated carbocycles. The van der Waals surface area contributed by atoms with Gasteiger partial charge in [-0.3, -0.25) is 0 Å². The molecule has 0 amide bonds. The smallest absolute Gasteiger partial charge is 0.129 e. The van der Waals surface area contributed by atoms with Crippen molar-refractivity contribution in [3.63, 3.8) is 0 Å². The van der Waals surface area contributed by atoms with Crippen LogP contribution in [0.5, 0.6) is 0 Å². The largest absolute Gasteiger partial charge is 0.372 e. The minimum absolute atomic E-state index is 0.105. The normalized spacial score (nSPS) is 10.6. The Morgan fingerprint density at radius 3 is 2.04 bits per heavy atom. The summed E-state index contributed by atoms with van der Waals surface area (Å²) in [5.41, 5.74) is 2.52. The minimum atomic E-state index is 0.105. The summed E-state index contributed by atoms with van der Waals surface area (Å²) in [4.78, 5) is 2.47. The molecule has 0 spiro atoms. The fraction of sp³-hybridized carbons (Fsp3) is 0.364. The van der Waals surface area contributed by atoms with Gasteiger partial charge in [0.25, 0.3) is 0 Å². The van der Waals surface area contributed by atoms with Crippen molar-refractivity contribution in [2.45, 2.75) is 39.5 Å². The zero-order valence-corrected chi connectivity index (χ0v) is 15.3. The Hall–Kier alpha value is -2.78. The molecule has 130 valence electrons. The maximum Gasteiger partial charge on any atom is 0.129 e. The first-order chi connectivity index (χ1) is 12.2. The summed E-state index contributed by atoms with van der Waals surface area (Å²) in [5.74, 6) is 0. The predicted molar refractivity (Wildman–Crippen MR) is 106 cm³/mol. The lowest BCUT2D eigenvalue weighted by Crippen LogP contribution is -2.25. The Labute approximate surface area is 152 Å². The molecule has 0 bridgehead atoms. The average molecular weight is 333 g/mol. The van der Waals surface area contributed by atoms with Gasteiger partial charge >= 0.3 is 0 Å². The van der Waals surface area contributed by atoms with E-state index in [1.165, 1.54) is 37.4 Å². The van der Waals surface area contributed by atoms with Crippen LogP contribution in [-0.2, 0) is 0 Å². The molecule has 0 fully saturated rings. The van der Waals surface area contributed by atoms with Crippen molar-refractivity contribution in [2.75, 3.05) is 18.0 Å². The van der Waals surface area contributed by atoms with Gasteiger partial charge in [0.15, 0.2) is 0 Å². The molecule has 1 aromatic rings. The monoisotopic (exact) mass is 333 g/mol. The topological polar surface area (TPSA) is 50.8 Å². The van der Waals surface area contributed by atoms with Gasteiger partial charge in [-0.2, -0.15) is 10.5 Å². The van der Waals surface area contributed by atoms with Gasteiger partial charge in [-0.1, -0.05) is 63.1 Å². The van der Waals surface area contributed by atoms with E-state index in [-0.39, 0.29) is 5.57 Å². The summed E-state index contributed by atoms with van der Waals surface area (Å²) in [6.45, 7) is 6.68. The second-order valence-electron chi connectivity index (χ2n) is 5.83. The highest BCUT2D eigenvalue weighted by atomic mass is 15.1. The van der Waals surface area contributed by atoms with Gasteiger partial charge in [-0.25, -0.2) is 0 Å². The van der Waals surface area contributed by atoms with Crippen molar-refractivity contribution in [3.8, 4) is 12.1 Å². The Morgan fingerprint density at radius 2 is 1.52 bits per heavy atom. The van der Waals surface area contributed by atoms with Crippen molar-refractivity contribution in [1.29, 1.82) is 10.5 Å². The van der Waals surface area contributed by atoms with Crippen LogP contribution < -0.4 is 4.90 Å². The molecular formula is C22H27N3. The van der Waals surface area contributed by atoms with Crippen LogP contribution in [0.2, 0.25) is 0 Å². The Morgan fingerprint density at radius 1 is 0.920 bits per heavy atom. The van der Waals surface area contributed by atoms with Crippen molar-refractivity contribution >= 4 is 11.8 Å². The average Bonchev–Trinajstić information content (AvgIpc) is 2.65. The number of allylic oxidation sites excluding steroid dienone is 5. The van der Waals surface area contributed by atoms with Gasteiger partial charge in [-0.05, 0) is 36.6 Å². The van der Waals surface area contributed by atoms with Gasteiger partial charge in [0.2, 0.25) is 0 Å². The molecule has 0 aromatic heterocycles. The SMILES string of the molecule is CCCCN(CCCC)c1ccc(/C=C/C=C/C=C(C#N)C#N)cc1. The Kier molecular flexibility index (Phi) is 10.2. The maximum atomic E-state index is 8.64. The van der Waals surface area contributed by atoms with E-state index in [0.29, 0.717) is 0 Å². The van der Waals surface area contributed by atoms with E-state index in [9.17, 15) is 0 Å². The van der Waals surface area contributed by atoms with E-state index < -0.39 is 0 Å². The number of rotatable bonds is 10. The molecule has 0 aliphatic carbocycles. The number of nitriles is 2. The first kappa shape index (κ1) is 20.3. The van der Waals surface area contributed by atoms with Crippen LogP contribution in [-0.4, -0.2) is 13.1 Å². The van der Waals surface area contributed by atoms with Crippen LogP contribution in [0, 0.1) is 22.7 Å². The standard InChI is InChI=1S/C22H27N3/c1-3-5-16-25(17-6-4-2)22-14-12-20(13-15-22)10-8-7-9-11-21(18-23)19-24/h7-15H,3-6,16-17H2,1-2H3/b9-7+,10-8+. The van der Waals surface area contributed by atoms with E-state index in [4.69, 9.17) is 10.5 Å². The number of unbranched alkanes of at least 4 members (excludes halogenated alkanes) is 2. The molecule has 25 heavy (non-hydrogen) atoms. The highest BCUT2D eigenvalue weighted by Crippen LogP contribution is 2.17. The fourth-order valence-corrected chi connectivity index (χ4v) is 2.35. The molecule has 0 saturated heterocycles. The summed E-state index contributed by atoms with van der Waals surface area (Å²) < 4.78 is 0. The van der Waals surface area contributed by atoms with E-state index in [1.807, 2.05) is 30.4 Å². The number of hydrogen-bond acceptors (Lipinski definition) is 3. The fourth-order valence-electron chi connectivity index (χ4n) is 2.35. The number of benzene rings is 1. The van der Waals surface area contributed by atoms with Crippen molar-refractivity contribution < 1.29 is 0 Å². The molecule has 1 rings (SSSR count). The van der Waals surface area contributed by atoms with Crippen LogP contribution in [0.3, 0.4) is 0 Å². The molecule has 0 aliphatic rings. The third-order valence-corrected chi connectivity index (χ3v) is 3.84. The maximum absolute atomic E-state index is 8.64. The van der Waals surface area contributed by atoms with Gasteiger partial charge < -0.3 is 4.90 Å². The van der Waals surface area contributed by atoms with E-state index in [1.54, 1.807) is 6.08 Å². The lowest BCUT2D eigenvalue weighted by Gasteiger charge is -2.24. The van der Waals surface area contributed by atoms with Crippen molar-refractivity contribution in [3.05, 3.63) is 59.7 Å². The zero-order chi connectivity index (χ0) is 18.3. The van der Waals surface area contributed by atoms with Gasteiger partial charge in [0.1, 0.15) is 17.7 Å². The van der Waals surface area contributed by atoms with Gasteiger partial charge in [0.05, 0.1) is 0 Å². The lowest BCUT2D eigenvalue weighted by atomic mass is 10.1. The summed E-state index contributed by atoms with van der Waals surface area (Å²) in [7, 11) is 0. The van der Waals surface area contributed by atoms with Gasteiger partial charge in [0, 0.05) is 18.8 Å². The summed E-state index contributed by atoms with van der Waals surface area (Å²) in [6, 6.07) is 12.3. The van der Waals surface area contributed by atoms with E-state index >= 15 is 0 Å². The Bertz CT molecular complexity index is 643. The first-order valence-corrected chi connectivity index (χ1v) is 8.95. The molecule has 0 radical (unpaired) electrons. The summed E-state index contributed by atoms with van der Waals surface area (Å²) >= 11 is 0. The molecule has 0 heterocycles. The minimum Gasteiger partial charge on any atom is -0.372 e. The van der Waals surface area contributed by atoms with Crippen molar-refractivity contribution in [2.24, 2.45) is 0 Å². The van der Waals surface area contributed by atoms with Crippen molar-refractivity contribution in [1.82, 2.24) is 0 Å². The second kappa shape index (κ2) is 12.6. The highest BCUT2D eigenvalue weighted by molar-refractivity contribution is 5.57. The number of hydrogen-bond donors (Lipinski definition) is 0. The predicted octanol–water partition coefficient (Wildman–Crippen LogP) is 5.64. The van der Waals surface area contributed by atoms with Crippen LogP contribution >= 0.6 is 0 Å². The quantitative estimate of drug-likeness (QED) is 0.411.